The Morgan fingerprint density at radius 3 is 2.67 bits per heavy atom. The standard InChI is InChI=1S/C8H12F3N/c9-8(10,11)7-3-1-2-6(7)4-12-5-7/h6,12H,1-5H2. The third-order valence-corrected chi connectivity index (χ3v) is 3.35. The lowest BCUT2D eigenvalue weighted by Gasteiger charge is -2.30. The fourth-order valence-electron chi connectivity index (χ4n) is 2.62. The Bertz CT molecular complexity index is 177. The van der Waals surface area contributed by atoms with Gasteiger partial charge < -0.3 is 5.32 Å². The number of nitrogens with one attached hydrogen (secondary N) is 1. The third kappa shape index (κ3) is 0.903. The van der Waals surface area contributed by atoms with E-state index in [0.29, 0.717) is 13.0 Å². The summed E-state index contributed by atoms with van der Waals surface area (Å²) in [5.41, 5.74) is -1.37. The molecule has 0 aromatic carbocycles. The van der Waals surface area contributed by atoms with Crippen LogP contribution >= 0.6 is 0 Å². The fourth-order valence-corrected chi connectivity index (χ4v) is 2.62. The van der Waals surface area contributed by atoms with Crippen molar-refractivity contribution in [2.24, 2.45) is 11.3 Å². The van der Waals surface area contributed by atoms with Crippen molar-refractivity contribution in [2.75, 3.05) is 13.1 Å². The van der Waals surface area contributed by atoms with E-state index in [1.54, 1.807) is 0 Å². The summed E-state index contributed by atoms with van der Waals surface area (Å²) in [6, 6.07) is 0. The Morgan fingerprint density at radius 2 is 2.08 bits per heavy atom. The normalized spacial score (nSPS) is 41.8. The highest BCUT2D eigenvalue weighted by Gasteiger charge is 2.62. The molecule has 1 nitrogen and oxygen atoms in total. The number of fused-ring (bicyclic) bond motifs is 1. The van der Waals surface area contributed by atoms with Crippen LogP contribution in [0.4, 0.5) is 13.2 Å². The lowest BCUT2D eigenvalue weighted by molar-refractivity contribution is -0.224. The van der Waals surface area contributed by atoms with Gasteiger partial charge in [0.05, 0.1) is 5.41 Å². The first kappa shape index (κ1) is 8.35. The Balaban J connectivity index is 2.28. The molecule has 0 bridgehead atoms. The van der Waals surface area contributed by atoms with E-state index < -0.39 is 11.6 Å². The van der Waals surface area contributed by atoms with Gasteiger partial charge >= 0.3 is 6.18 Å². The molecule has 1 saturated carbocycles. The first-order valence-electron chi connectivity index (χ1n) is 4.34. The maximum atomic E-state index is 12.7. The molecule has 12 heavy (non-hydrogen) atoms. The lowest BCUT2D eigenvalue weighted by Crippen LogP contribution is -2.41. The van der Waals surface area contributed by atoms with E-state index in [-0.39, 0.29) is 12.5 Å². The zero-order chi connectivity index (χ0) is 8.82. The van der Waals surface area contributed by atoms with Crippen LogP contribution < -0.4 is 5.32 Å². The molecular weight excluding hydrogens is 167 g/mol. The average Bonchev–Trinajstić information content (AvgIpc) is 2.37. The van der Waals surface area contributed by atoms with Crippen molar-refractivity contribution in [3.8, 4) is 0 Å². The zero-order valence-electron chi connectivity index (χ0n) is 6.75. The van der Waals surface area contributed by atoms with Gasteiger partial charge in [-0.25, -0.2) is 0 Å². The van der Waals surface area contributed by atoms with Crippen LogP contribution in [0.5, 0.6) is 0 Å². The van der Waals surface area contributed by atoms with Crippen molar-refractivity contribution in [2.45, 2.75) is 25.4 Å². The molecule has 1 saturated heterocycles. The smallest absolute Gasteiger partial charge is 0.316 e. The Morgan fingerprint density at radius 1 is 1.33 bits per heavy atom. The Labute approximate surface area is 69.3 Å². The number of alkyl halides is 3. The third-order valence-electron chi connectivity index (χ3n) is 3.35. The second-order valence-corrected chi connectivity index (χ2v) is 3.87. The minimum absolute atomic E-state index is 0.140. The van der Waals surface area contributed by atoms with Gasteiger partial charge in [0.25, 0.3) is 0 Å². The minimum atomic E-state index is -4.00. The van der Waals surface area contributed by atoms with E-state index in [1.165, 1.54) is 0 Å². The van der Waals surface area contributed by atoms with Crippen LogP contribution in [-0.4, -0.2) is 19.3 Å². The van der Waals surface area contributed by atoms with Crippen LogP contribution in [0.2, 0.25) is 0 Å². The van der Waals surface area contributed by atoms with Crippen molar-refractivity contribution < 1.29 is 13.2 Å². The molecule has 2 atom stereocenters. The molecule has 1 aliphatic carbocycles. The number of hydrogen-bond acceptors (Lipinski definition) is 1. The summed E-state index contributed by atoms with van der Waals surface area (Å²) in [5.74, 6) is -0.155. The topological polar surface area (TPSA) is 12.0 Å². The van der Waals surface area contributed by atoms with E-state index in [4.69, 9.17) is 0 Å². The highest BCUT2D eigenvalue weighted by atomic mass is 19.4. The highest BCUT2D eigenvalue weighted by molar-refractivity contribution is 5.03. The average molecular weight is 179 g/mol. The molecule has 2 aliphatic rings. The van der Waals surface area contributed by atoms with Crippen LogP contribution in [-0.2, 0) is 0 Å². The second-order valence-electron chi connectivity index (χ2n) is 3.87. The number of halogens is 3. The molecule has 2 rings (SSSR count). The number of hydrogen-bond donors (Lipinski definition) is 1. The summed E-state index contributed by atoms with van der Waals surface area (Å²) in [5, 5.41) is 2.85. The van der Waals surface area contributed by atoms with Crippen molar-refractivity contribution in [1.29, 1.82) is 0 Å². The molecule has 0 radical (unpaired) electrons. The van der Waals surface area contributed by atoms with Crippen LogP contribution in [0.25, 0.3) is 0 Å². The largest absolute Gasteiger partial charge is 0.396 e. The Kier molecular flexibility index (Phi) is 1.65. The summed E-state index contributed by atoms with van der Waals surface area (Å²) >= 11 is 0. The second kappa shape index (κ2) is 2.37. The van der Waals surface area contributed by atoms with Crippen molar-refractivity contribution in [3.05, 3.63) is 0 Å². The van der Waals surface area contributed by atoms with E-state index in [1.807, 2.05) is 0 Å². The molecule has 2 unspecified atom stereocenters. The first-order valence-corrected chi connectivity index (χ1v) is 4.34. The van der Waals surface area contributed by atoms with Crippen LogP contribution in [0.15, 0.2) is 0 Å². The van der Waals surface area contributed by atoms with Gasteiger partial charge in [-0.15, -0.1) is 0 Å². The molecule has 70 valence electrons. The van der Waals surface area contributed by atoms with Gasteiger partial charge in [-0.2, -0.15) is 13.2 Å². The SMILES string of the molecule is FC(F)(F)C12CCCC1CNC2. The van der Waals surface area contributed by atoms with E-state index in [2.05, 4.69) is 5.32 Å². The van der Waals surface area contributed by atoms with Gasteiger partial charge in [-0.3, -0.25) is 0 Å². The molecule has 1 N–H and O–H groups in total. The van der Waals surface area contributed by atoms with Crippen LogP contribution in [0.3, 0.4) is 0 Å². The van der Waals surface area contributed by atoms with Crippen LogP contribution in [0.1, 0.15) is 19.3 Å². The van der Waals surface area contributed by atoms with Gasteiger partial charge in [0.2, 0.25) is 0 Å². The molecule has 1 heterocycles. The maximum absolute atomic E-state index is 12.7. The predicted octanol–water partition coefficient (Wildman–Crippen LogP) is 1.94. The number of rotatable bonds is 0. The van der Waals surface area contributed by atoms with Crippen molar-refractivity contribution in [3.63, 3.8) is 0 Å². The molecule has 0 spiro atoms. The molecular formula is C8H12F3N. The summed E-state index contributed by atoms with van der Waals surface area (Å²) < 4.78 is 38.0. The van der Waals surface area contributed by atoms with Gasteiger partial charge in [0.1, 0.15) is 0 Å². The van der Waals surface area contributed by atoms with Gasteiger partial charge in [-0.1, -0.05) is 6.42 Å². The minimum Gasteiger partial charge on any atom is -0.316 e. The monoisotopic (exact) mass is 179 g/mol. The molecule has 4 heteroatoms. The van der Waals surface area contributed by atoms with E-state index in [0.717, 1.165) is 12.8 Å². The molecule has 2 fully saturated rings. The van der Waals surface area contributed by atoms with Crippen LogP contribution in [0, 0.1) is 11.3 Å². The summed E-state index contributed by atoms with van der Waals surface area (Å²) in [6.45, 7) is 0.695. The summed E-state index contributed by atoms with van der Waals surface area (Å²) in [6.07, 6.45) is -2.19. The molecule has 0 amide bonds. The van der Waals surface area contributed by atoms with Crippen molar-refractivity contribution >= 4 is 0 Å². The lowest BCUT2D eigenvalue weighted by atomic mass is 9.80. The van der Waals surface area contributed by atoms with Crippen molar-refractivity contribution in [1.82, 2.24) is 5.32 Å². The van der Waals surface area contributed by atoms with E-state index >= 15 is 0 Å². The quantitative estimate of drug-likeness (QED) is 0.599. The first-order chi connectivity index (χ1) is 5.56. The molecule has 0 aromatic heterocycles. The molecule has 0 aromatic rings. The summed E-state index contributed by atoms with van der Waals surface area (Å²) in [4.78, 5) is 0. The van der Waals surface area contributed by atoms with Gasteiger partial charge in [0, 0.05) is 6.54 Å². The van der Waals surface area contributed by atoms with Gasteiger partial charge in [0.15, 0.2) is 0 Å². The van der Waals surface area contributed by atoms with Gasteiger partial charge in [-0.05, 0) is 25.3 Å². The van der Waals surface area contributed by atoms with E-state index in [9.17, 15) is 13.2 Å². The summed E-state index contributed by atoms with van der Waals surface area (Å²) in [7, 11) is 0. The maximum Gasteiger partial charge on any atom is 0.396 e. The zero-order valence-corrected chi connectivity index (χ0v) is 6.75. The fraction of sp³-hybridized carbons (Fsp3) is 1.00. The molecule has 1 aliphatic heterocycles. The Hall–Kier alpha value is -0.250. The predicted molar refractivity (Wildman–Crippen MR) is 38.7 cm³/mol. The highest BCUT2D eigenvalue weighted by Crippen LogP contribution is 2.55.